The Bertz CT molecular complexity index is 1040. The van der Waals surface area contributed by atoms with Crippen molar-refractivity contribution in [3.8, 4) is 0 Å². The number of piperidine rings is 1. The van der Waals surface area contributed by atoms with E-state index in [-0.39, 0.29) is 29.2 Å². The topological polar surface area (TPSA) is 86.8 Å². The number of nitrogens with one attached hydrogen (secondary N) is 1. The molecule has 0 aliphatic carbocycles. The number of hydrogen-bond acceptors (Lipinski definition) is 4. The SMILES string of the molecule is O=C(NCc1ccccc1)[C@@H]1CCCN(S(=O)(=O)c2ccc(N3CCCC3=O)cc2)C1. The predicted molar refractivity (Wildman–Crippen MR) is 118 cm³/mol. The van der Waals surface area contributed by atoms with Gasteiger partial charge < -0.3 is 10.2 Å². The molecule has 2 aliphatic rings. The van der Waals surface area contributed by atoms with Crippen molar-refractivity contribution < 1.29 is 18.0 Å². The first-order valence-electron chi connectivity index (χ1n) is 10.7. The molecule has 7 nitrogen and oxygen atoms in total. The maximum Gasteiger partial charge on any atom is 0.243 e. The van der Waals surface area contributed by atoms with E-state index in [4.69, 9.17) is 0 Å². The molecule has 2 heterocycles. The van der Waals surface area contributed by atoms with Gasteiger partial charge in [-0.25, -0.2) is 8.42 Å². The fraction of sp³-hybridized carbons (Fsp3) is 0.391. The van der Waals surface area contributed by atoms with Crippen molar-refractivity contribution in [3.05, 3.63) is 60.2 Å². The zero-order valence-electron chi connectivity index (χ0n) is 17.4. The van der Waals surface area contributed by atoms with E-state index in [1.54, 1.807) is 29.2 Å². The highest BCUT2D eigenvalue weighted by Gasteiger charge is 2.33. The summed E-state index contributed by atoms with van der Waals surface area (Å²) in [6.07, 6.45) is 2.66. The summed E-state index contributed by atoms with van der Waals surface area (Å²) in [5.41, 5.74) is 1.73. The molecule has 164 valence electrons. The molecule has 2 aromatic rings. The van der Waals surface area contributed by atoms with E-state index < -0.39 is 10.0 Å². The van der Waals surface area contributed by atoms with Crippen LogP contribution in [-0.2, 0) is 26.2 Å². The van der Waals surface area contributed by atoms with Crippen LogP contribution in [0.2, 0.25) is 0 Å². The summed E-state index contributed by atoms with van der Waals surface area (Å²) in [4.78, 5) is 26.4. The summed E-state index contributed by atoms with van der Waals surface area (Å²) in [7, 11) is -3.70. The third-order valence-electron chi connectivity index (χ3n) is 5.92. The van der Waals surface area contributed by atoms with E-state index in [0.717, 1.165) is 17.7 Å². The van der Waals surface area contributed by atoms with Crippen LogP contribution in [-0.4, -0.2) is 44.2 Å². The second kappa shape index (κ2) is 9.20. The van der Waals surface area contributed by atoms with Crippen molar-refractivity contribution in [2.75, 3.05) is 24.5 Å². The van der Waals surface area contributed by atoms with E-state index in [9.17, 15) is 18.0 Å². The fourth-order valence-corrected chi connectivity index (χ4v) is 5.70. The van der Waals surface area contributed by atoms with Gasteiger partial charge in [0.05, 0.1) is 10.8 Å². The highest BCUT2D eigenvalue weighted by atomic mass is 32.2. The van der Waals surface area contributed by atoms with E-state index >= 15 is 0 Å². The Labute approximate surface area is 183 Å². The molecule has 2 aliphatic heterocycles. The number of hydrogen-bond donors (Lipinski definition) is 1. The molecule has 8 heteroatoms. The highest BCUT2D eigenvalue weighted by Crippen LogP contribution is 2.27. The number of nitrogens with zero attached hydrogens (tertiary/aromatic N) is 2. The monoisotopic (exact) mass is 441 g/mol. The standard InChI is InChI=1S/C23H27N3O4S/c27-22-9-5-15-26(22)20-10-12-21(13-11-20)31(29,30)25-14-4-8-19(17-25)23(28)24-16-18-6-2-1-3-7-18/h1-3,6-7,10-13,19H,4-5,8-9,14-17H2,(H,24,28)/t19-/m1/s1. The average molecular weight is 442 g/mol. The lowest BCUT2D eigenvalue weighted by Gasteiger charge is -2.31. The van der Waals surface area contributed by atoms with Crippen molar-refractivity contribution in [1.82, 2.24) is 9.62 Å². The first-order valence-corrected chi connectivity index (χ1v) is 12.1. The predicted octanol–water partition coefficient (Wildman–Crippen LogP) is 2.53. The molecule has 0 aromatic heterocycles. The van der Waals surface area contributed by atoms with Crippen molar-refractivity contribution in [3.63, 3.8) is 0 Å². The molecule has 0 radical (unpaired) electrons. The highest BCUT2D eigenvalue weighted by molar-refractivity contribution is 7.89. The van der Waals surface area contributed by atoms with Crippen molar-refractivity contribution in [2.24, 2.45) is 5.92 Å². The third-order valence-corrected chi connectivity index (χ3v) is 7.80. The number of benzene rings is 2. The quantitative estimate of drug-likeness (QED) is 0.746. The van der Waals surface area contributed by atoms with Crippen LogP contribution in [0.1, 0.15) is 31.2 Å². The lowest BCUT2D eigenvalue weighted by molar-refractivity contribution is -0.126. The molecule has 2 fully saturated rings. The molecule has 0 spiro atoms. The van der Waals surface area contributed by atoms with Crippen LogP contribution in [0.5, 0.6) is 0 Å². The van der Waals surface area contributed by atoms with E-state index in [1.165, 1.54) is 4.31 Å². The second-order valence-electron chi connectivity index (χ2n) is 8.05. The Morgan fingerprint density at radius 2 is 1.74 bits per heavy atom. The smallest absolute Gasteiger partial charge is 0.243 e. The first-order chi connectivity index (χ1) is 14.9. The van der Waals surface area contributed by atoms with Crippen molar-refractivity contribution in [1.29, 1.82) is 0 Å². The van der Waals surface area contributed by atoms with Gasteiger partial charge in [0.15, 0.2) is 0 Å². The van der Waals surface area contributed by atoms with Crippen molar-refractivity contribution >= 4 is 27.5 Å². The molecule has 2 saturated heterocycles. The van der Waals surface area contributed by atoms with Crippen LogP contribution >= 0.6 is 0 Å². The third kappa shape index (κ3) is 4.80. The number of rotatable bonds is 6. The van der Waals surface area contributed by atoms with Crippen LogP contribution in [0.25, 0.3) is 0 Å². The average Bonchev–Trinajstić information content (AvgIpc) is 3.24. The summed E-state index contributed by atoms with van der Waals surface area (Å²) in [6, 6.07) is 16.1. The zero-order valence-corrected chi connectivity index (χ0v) is 18.2. The fourth-order valence-electron chi connectivity index (χ4n) is 4.17. The van der Waals surface area contributed by atoms with Gasteiger partial charge in [-0.3, -0.25) is 9.59 Å². The first kappa shape index (κ1) is 21.5. The molecule has 0 unspecified atom stereocenters. The van der Waals surface area contributed by atoms with Crippen LogP contribution in [0, 0.1) is 5.92 Å². The Balaban J connectivity index is 1.40. The summed E-state index contributed by atoms with van der Waals surface area (Å²) in [5, 5.41) is 2.93. The second-order valence-corrected chi connectivity index (χ2v) is 9.99. The Hall–Kier alpha value is -2.71. The van der Waals surface area contributed by atoms with E-state index in [2.05, 4.69) is 5.32 Å². The lowest BCUT2D eigenvalue weighted by Crippen LogP contribution is -2.45. The molecule has 0 saturated carbocycles. The molecule has 4 rings (SSSR count). The Morgan fingerprint density at radius 3 is 2.42 bits per heavy atom. The molecule has 2 aromatic carbocycles. The van der Waals surface area contributed by atoms with E-state index in [0.29, 0.717) is 38.9 Å². The zero-order chi connectivity index (χ0) is 21.8. The molecule has 1 N–H and O–H groups in total. The molecular weight excluding hydrogens is 414 g/mol. The molecular formula is C23H27N3O4S. The van der Waals surface area contributed by atoms with E-state index in [1.807, 2.05) is 30.3 Å². The Kier molecular flexibility index (Phi) is 6.38. The van der Waals surface area contributed by atoms with Crippen LogP contribution in [0.4, 0.5) is 5.69 Å². The van der Waals surface area contributed by atoms with Crippen LogP contribution < -0.4 is 10.2 Å². The van der Waals surface area contributed by atoms with Gasteiger partial charge >= 0.3 is 0 Å². The number of sulfonamides is 1. The molecule has 31 heavy (non-hydrogen) atoms. The van der Waals surface area contributed by atoms with Gasteiger partial charge in [0, 0.05) is 38.3 Å². The normalized spacial score (nSPS) is 20.1. The number of carbonyl (C=O) groups excluding carboxylic acids is 2. The van der Waals surface area contributed by atoms with Crippen LogP contribution in [0.3, 0.4) is 0 Å². The summed E-state index contributed by atoms with van der Waals surface area (Å²) < 4.78 is 27.7. The molecule has 2 amide bonds. The van der Waals surface area contributed by atoms with Crippen LogP contribution in [0.15, 0.2) is 59.5 Å². The largest absolute Gasteiger partial charge is 0.352 e. The minimum atomic E-state index is -3.70. The van der Waals surface area contributed by atoms with Gasteiger partial charge in [-0.2, -0.15) is 4.31 Å². The summed E-state index contributed by atoms with van der Waals surface area (Å²) >= 11 is 0. The van der Waals surface area contributed by atoms with Gasteiger partial charge in [-0.15, -0.1) is 0 Å². The minimum absolute atomic E-state index is 0.0657. The lowest BCUT2D eigenvalue weighted by atomic mass is 9.99. The summed E-state index contributed by atoms with van der Waals surface area (Å²) in [5.74, 6) is -0.420. The minimum Gasteiger partial charge on any atom is -0.352 e. The van der Waals surface area contributed by atoms with Gasteiger partial charge in [0.2, 0.25) is 21.8 Å². The van der Waals surface area contributed by atoms with Gasteiger partial charge in [0.25, 0.3) is 0 Å². The molecule has 1 atom stereocenters. The maximum absolute atomic E-state index is 13.1. The molecule has 0 bridgehead atoms. The van der Waals surface area contributed by atoms with Gasteiger partial charge in [0.1, 0.15) is 0 Å². The Morgan fingerprint density at radius 1 is 1.00 bits per heavy atom. The van der Waals surface area contributed by atoms with Crippen molar-refractivity contribution in [2.45, 2.75) is 37.1 Å². The summed E-state index contributed by atoms with van der Waals surface area (Å²) in [6.45, 7) is 1.67. The number of carbonyl (C=O) groups is 2. The number of amides is 2. The van der Waals surface area contributed by atoms with Gasteiger partial charge in [-0.05, 0) is 49.1 Å². The maximum atomic E-state index is 13.1. The van der Waals surface area contributed by atoms with Gasteiger partial charge in [-0.1, -0.05) is 30.3 Å². The number of anilines is 1.